The highest BCUT2D eigenvalue weighted by molar-refractivity contribution is 7.88. The Morgan fingerprint density at radius 3 is 2.54 bits per heavy atom. The van der Waals surface area contributed by atoms with Gasteiger partial charge in [0.2, 0.25) is 10.0 Å². The summed E-state index contributed by atoms with van der Waals surface area (Å²) < 4.78 is 31.4. The molecule has 1 N–H and O–H groups in total. The Morgan fingerprint density at radius 1 is 1.25 bits per heavy atom. The third-order valence-electron chi connectivity index (χ3n) is 5.35. The molecule has 156 valence electrons. The lowest BCUT2D eigenvalue weighted by Crippen LogP contribution is -2.63. The van der Waals surface area contributed by atoms with Crippen LogP contribution >= 0.6 is 0 Å². The summed E-state index contributed by atoms with van der Waals surface area (Å²) in [7, 11) is -3.33. The summed E-state index contributed by atoms with van der Waals surface area (Å²) in [5.74, 6) is 0. The molecule has 0 saturated carbocycles. The predicted octanol–water partition coefficient (Wildman–Crippen LogP) is 1.11. The third-order valence-corrected chi connectivity index (χ3v) is 6.68. The summed E-state index contributed by atoms with van der Waals surface area (Å²) in [6.45, 7) is 8.94. The van der Waals surface area contributed by atoms with Crippen LogP contribution in [-0.2, 0) is 14.8 Å². The first kappa shape index (κ1) is 21.0. The Balaban J connectivity index is 1.53. The number of hydrogen-bond donors (Lipinski definition) is 1. The summed E-state index contributed by atoms with van der Waals surface area (Å²) in [5, 5.41) is 2.92. The van der Waals surface area contributed by atoms with Crippen LogP contribution in [-0.4, -0.2) is 93.3 Å². The van der Waals surface area contributed by atoms with Crippen molar-refractivity contribution < 1.29 is 17.9 Å². The molecule has 0 atom stereocenters. The van der Waals surface area contributed by atoms with Crippen LogP contribution in [0.5, 0.6) is 0 Å². The van der Waals surface area contributed by atoms with Crippen molar-refractivity contribution in [2.24, 2.45) is 0 Å². The Hall–Kier alpha value is -1.68. The maximum Gasteiger partial charge on any atom is 0.321 e. The van der Waals surface area contributed by atoms with Gasteiger partial charge in [-0.15, -0.1) is 0 Å². The van der Waals surface area contributed by atoms with Crippen LogP contribution < -0.4 is 5.32 Å². The van der Waals surface area contributed by atoms with Crippen molar-refractivity contribution in [1.29, 1.82) is 0 Å². The average molecular weight is 411 g/mol. The van der Waals surface area contributed by atoms with Crippen LogP contribution in [0.2, 0.25) is 0 Å². The van der Waals surface area contributed by atoms with E-state index in [1.807, 2.05) is 32.0 Å². The van der Waals surface area contributed by atoms with Crippen LogP contribution in [0.4, 0.5) is 10.5 Å². The minimum absolute atomic E-state index is 0.166. The zero-order chi connectivity index (χ0) is 20.3. The van der Waals surface area contributed by atoms with Gasteiger partial charge in [0, 0.05) is 45.0 Å². The number of anilines is 1. The summed E-state index contributed by atoms with van der Waals surface area (Å²) in [5.41, 5.74) is 2.93. The second kappa shape index (κ2) is 8.77. The zero-order valence-electron chi connectivity index (χ0n) is 16.8. The molecule has 2 aliphatic heterocycles. The fourth-order valence-corrected chi connectivity index (χ4v) is 4.72. The van der Waals surface area contributed by atoms with Gasteiger partial charge >= 0.3 is 6.03 Å². The first-order valence-corrected chi connectivity index (χ1v) is 11.5. The molecule has 0 unspecified atom stereocenters. The molecule has 0 bridgehead atoms. The molecule has 28 heavy (non-hydrogen) atoms. The number of ether oxygens (including phenoxy) is 1. The minimum atomic E-state index is -3.33. The minimum Gasteiger partial charge on any atom is -0.379 e. The van der Waals surface area contributed by atoms with Gasteiger partial charge in [-0.2, -0.15) is 4.31 Å². The molecule has 9 heteroatoms. The van der Waals surface area contributed by atoms with Gasteiger partial charge in [0.25, 0.3) is 0 Å². The van der Waals surface area contributed by atoms with E-state index in [1.165, 1.54) is 10.6 Å². The maximum atomic E-state index is 12.5. The Morgan fingerprint density at radius 2 is 1.93 bits per heavy atom. The summed E-state index contributed by atoms with van der Waals surface area (Å²) in [6.07, 6.45) is 1.24. The number of morpholine rings is 1. The van der Waals surface area contributed by atoms with Crippen molar-refractivity contribution in [3.8, 4) is 0 Å². The largest absolute Gasteiger partial charge is 0.379 e. The van der Waals surface area contributed by atoms with Crippen LogP contribution in [0, 0.1) is 13.8 Å². The first-order chi connectivity index (χ1) is 13.2. The van der Waals surface area contributed by atoms with Crippen LogP contribution in [0.1, 0.15) is 11.1 Å². The highest BCUT2D eigenvalue weighted by Gasteiger charge is 2.38. The molecule has 2 fully saturated rings. The Kier molecular flexibility index (Phi) is 6.59. The van der Waals surface area contributed by atoms with Crippen molar-refractivity contribution in [2.75, 3.05) is 64.1 Å². The molecule has 2 amide bonds. The van der Waals surface area contributed by atoms with Gasteiger partial charge in [-0.1, -0.05) is 17.7 Å². The quantitative estimate of drug-likeness (QED) is 0.760. The molecule has 1 aromatic carbocycles. The number of urea groups is 1. The standard InChI is InChI=1S/C19H30N4O4S/c1-15-4-5-18(16(2)12-15)20-19(24)22-13-17(14-22)23(28(3,25)26)7-6-21-8-10-27-11-9-21/h4-5,12,17H,6-11,13-14H2,1-3H3,(H,20,24). The number of carbonyl (C=O) groups excluding carboxylic acids is 1. The van der Waals surface area contributed by atoms with E-state index in [9.17, 15) is 13.2 Å². The van der Waals surface area contributed by atoms with E-state index >= 15 is 0 Å². The molecule has 8 nitrogen and oxygen atoms in total. The van der Waals surface area contributed by atoms with E-state index in [2.05, 4.69) is 10.2 Å². The summed E-state index contributed by atoms with van der Waals surface area (Å²) >= 11 is 0. The lowest BCUT2D eigenvalue weighted by molar-refractivity contribution is 0.0318. The van der Waals surface area contributed by atoms with Crippen molar-refractivity contribution in [2.45, 2.75) is 19.9 Å². The molecular weight excluding hydrogens is 380 g/mol. The average Bonchev–Trinajstić information content (AvgIpc) is 2.59. The number of likely N-dealkylation sites (tertiary alicyclic amines) is 1. The second-order valence-corrected chi connectivity index (χ2v) is 9.57. The van der Waals surface area contributed by atoms with E-state index in [4.69, 9.17) is 4.74 Å². The van der Waals surface area contributed by atoms with Crippen molar-refractivity contribution in [3.05, 3.63) is 29.3 Å². The second-order valence-electron chi connectivity index (χ2n) is 7.64. The molecule has 3 rings (SSSR count). The third kappa shape index (κ3) is 5.22. The number of hydrogen-bond acceptors (Lipinski definition) is 5. The summed E-state index contributed by atoms with van der Waals surface area (Å²) in [6, 6.07) is 5.51. The summed E-state index contributed by atoms with van der Waals surface area (Å²) in [4.78, 5) is 16.3. The smallest absolute Gasteiger partial charge is 0.321 e. The molecule has 2 heterocycles. The molecule has 0 spiro atoms. The normalized spacial score (nSPS) is 18.9. The first-order valence-electron chi connectivity index (χ1n) is 9.64. The van der Waals surface area contributed by atoms with Crippen LogP contribution in [0.3, 0.4) is 0 Å². The number of amides is 2. The number of sulfonamides is 1. The van der Waals surface area contributed by atoms with Gasteiger partial charge in [-0.25, -0.2) is 13.2 Å². The van der Waals surface area contributed by atoms with E-state index in [0.717, 1.165) is 29.9 Å². The molecule has 0 aromatic heterocycles. The number of rotatable bonds is 6. The Labute approximate surface area is 167 Å². The van der Waals surface area contributed by atoms with Gasteiger partial charge in [0.15, 0.2) is 0 Å². The number of aryl methyl sites for hydroxylation is 2. The van der Waals surface area contributed by atoms with Crippen molar-refractivity contribution in [1.82, 2.24) is 14.1 Å². The highest BCUT2D eigenvalue weighted by Crippen LogP contribution is 2.21. The highest BCUT2D eigenvalue weighted by atomic mass is 32.2. The fourth-order valence-electron chi connectivity index (χ4n) is 3.64. The number of benzene rings is 1. The fraction of sp³-hybridized carbons (Fsp3) is 0.632. The molecule has 1 aromatic rings. The van der Waals surface area contributed by atoms with Gasteiger partial charge in [-0.3, -0.25) is 4.90 Å². The van der Waals surface area contributed by atoms with E-state index in [0.29, 0.717) is 39.4 Å². The maximum absolute atomic E-state index is 12.5. The topological polar surface area (TPSA) is 82.2 Å². The van der Waals surface area contributed by atoms with E-state index in [-0.39, 0.29) is 12.1 Å². The zero-order valence-corrected chi connectivity index (χ0v) is 17.7. The van der Waals surface area contributed by atoms with Gasteiger partial charge < -0.3 is 15.0 Å². The monoisotopic (exact) mass is 410 g/mol. The number of nitrogens with one attached hydrogen (secondary N) is 1. The SMILES string of the molecule is Cc1ccc(NC(=O)N2CC(N(CCN3CCOCC3)S(C)(=O)=O)C2)c(C)c1. The van der Waals surface area contributed by atoms with Crippen LogP contribution in [0.15, 0.2) is 18.2 Å². The molecule has 0 aliphatic carbocycles. The molecule has 2 saturated heterocycles. The van der Waals surface area contributed by atoms with Gasteiger partial charge in [-0.05, 0) is 25.5 Å². The number of carbonyl (C=O) groups is 1. The lowest BCUT2D eigenvalue weighted by atomic mass is 10.1. The van der Waals surface area contributed by atoms with Gasteiger partial charge in [0.1, 0.15) is 0 Å². The van der Waals surface area contributed by atoms with E-state index in [1.54, 1.807) is 4.90 Å². The van der Waals surface area contributed by atoms with Crippen molar-refractivity contribution >= 4 is 21.7 Å². The van der Waals surface area contributed by atoms with Crippen molar-refractivity contribution in [3.63, 3.8) is 0 Å². The van der Waals surface area contributed by atoms with Gasteiger partial charge in [0.05, 0.1) is 25.5 Å². The molecular formula is C19H30N4O4S. The van der Waals surface area contributed by atoms with E-state index < -0.39 is 10.0 Å². The predicted molar refractivity (Wildman–Crippen MR) is 109 cm³/mol. The molecule has 0 radical (unpaired) electrons. The number of nitrogens with zero attached hydrogens (tertiary/aromatic N) is 3. The molecule has 2 aliphatic rings. The Bertz CT molecular complexity index is 802. The van der Waals surface area contributed by atoms with Crippen LogP contribution in [0.25, 0.3) is 0 Å². The lowest BCUT2D eigenvalue weighted by Gasteiger charge is -2.44.